The number of nitrogens with one attached hydrogen (secondary N) is 1. The summed E-state index contributed by atoms with van der Waals surface area (Å²) in [6.07, 6.45) is 3.58. The number of nitrogens with zero attached hydrogens (tertiary/aromatic N) is 2. The van der Waals surface area contributed by atoms with Crippen LogP contribution in [0.2, 0.25) is 5.02 Å². The molecule has 0 saturated heterocycles. The number of halogens is 1. The maximum atomic E-state index is 12.8. The van der Waals surface area contributed by atoms with Crippen molar-refractivity contribution in [2.24, 2.45) is 0 Å². The fourth-order valence-electron chi connectivity index (χ4n) is 3.19. The van der Waals surface area contributed by atoms with Crippen LogP contribution in [0.3, 0.4) is 0 Å². The van der Waals surface area contributed by atoms with Gasteiger partial charge in [-0.05, 0) is 48.9 Å². The number of aryl methyl sites for hydroxylation is 3. The van der Waals surface area contributed by atoms with Gasteiger partial charge in [0, 0.05) is 34.2 Å². The first-order chi connectivity index (χ1) is 12.1. The molecule has 3 rings (SSSR count). The SMILES string of the molecule is Cc1cnn(-c2c(C)[nH]c(-c3cc(Cl)c(C(C)(C)C)cc3C)cc2=O)c1. The molecule has 3 aromatic rings. The lowest BCUT2D eigenvalue weighted by atomic mass is 9.85. The lowest BCUT2D eigenvalue weighted by Crippen LogP contribution is -2.16. The summed E-state index contributed by atoms with van der Waals surface area (Å²) >= 11 is 6.54. The average molecular weight is 370 g/mol. The van der Waals surface area contributed by atoms with Crippen molar-refractivity contribution in [2.75, 3.05) is 0 Å². The van der Waals surface area contributed by atoms with Crippen LogP contribution in [0, 0.1) is 20.8 Å². The van der Waals surface area contributed by atoms with Crippen molar-refractivity contribution in [1.29, 1.82) is 0 Å². The summed E-state index contributed by atoms with van der Waals surface area (Å²) in [6, 6.07) is 5.67. The summed E-state index contributed by atoms with van der Waals surface area (Å²) < 4.78 is 1.62. The van der Waals surface area contributed by atoms with Crippen molar-refractivity contribution in [3.8, 4) is 16.9 Å². The second-order valence-corrected chi connectivity index (χ2v) is 8.29. The molecule has 26 heavy (non-hydrogen) atoms. The quantitative estimate of drug-likeness (QED) is 0.682. The minimum Gasteiger partial charge on any atom is -0.357 e. The monoisotopic (exact) mass is 369 g/mol. The number of H-pyrrole nitrogens is 1. The van der Waals surface area contributed by atoms with E-state index in [9.17, 15) is 4.79 Å². The van der Waals surface area contributed by atoms with Crippen LogP contribution in [-0.4, -0.2) is 14.8 Å². The van der Waals surface area contributed by atoms with Gasteiger partial charge in [-0.15, -0.1) is 0 Å². The van der Waals surface area contributed by atoms with Crippen molar-refractivity contribution < 1.29 is 0 Å². The third-order valence-corrected chi connectivity index (χ3v) is 4.85. The summed E-state index contributed by atoms with van der Waals surface area (Å²) in [5.41, 5.74) is 6.09. The first-order valence-electron chi connectivity index (χ1n) is 8.64. The number of benzene rings is 1. The van der Waals surface area contributed by atoms with E-state index in [2.05, 4.69) is 36.9 Å². The van der Waals surface area contributed by atoms with Crippen LogP contribution in [-0.2, 0) is 5.41 Å². The van der Waals surface area contributed by atoms with Gasteiger partial charge in [-0.1, -0.05) is 38.4 Å². The molecule has 0 aliphatic rings. The molecule has 0 saturated carbocycles. The molecule has 1 aromatic carbocycles. The molecular formula is C21H24ClN3O. The molecule has 4 nitrogen and oxygen atoms in total. The minimum absolute atomic E-state index is 0.0362. The Morgan fingerprint density at radius 3 is 2.35 bits per heavy atom. The number of aromatic nitrogens is 3. The van der Waals surface area contributed by atoms with E-state index < -0.39 is 0 Å². The Bertz CT molecular complexity index is 1040. The average Bonchev–Trinajstić information content (AvgIpc) is 2.93. The van der Waals surface area contributed by atoms with Crippen LogP contribution < -0.4 is 5.43 Å². The minimum atomic E-state index is -0.0743. The highest BCUT2D eigenvalue weighted by atomic mass is 35.5. The molecule has 0 atom stereocenters. The smallest absolute Gasteiger partial charge is 0.208 e. The first-order valence-corrected chi connectivity index (χ1v) is 9.02. The second-order valence-electron chi connectivity index (χ2n) is 7.88. The molecule has 0 radical (unpaired) electrons. The maximum Gasteiger partial charge on any atom is 0.208 e. The molecule has 2 heterocycles. The van der Waals surface area contributed by atoms with Crippen LogP contribution in [0.1, 0.15) is 43.2 Å². The highest BCUT2D eigenvalue weighted by molar-refractivity contribution is 6.31. The van der Waals surface area contributed by atoms with Crippen molar-refractivity contribution in [2.45, 2.75) is 47.0 Å². The van der Waals surface area contributed by atoms with Crippen molar-refractivity contribution in [3.63, 3.8) is 0 Å². The van der Waals surface area contributed by atoms with E-state index in [0.29, 0.717) is 10.7 Å². The van der Waals surface area contributed by atoms with Gasteiger partial charge in [-0.3, -0.25) is 4.79 Å². The van der Waals surface area contributed by atoms with E-state index in [1.807, 2.05) is 33.0 Å². The van der Waals surface area contributed by atoms with Gasteiger partial charge in [0.15, 0.2) is 0 Å². The summed E-state index contributed by atoms with van der Waals surface area (Å²) in [6.45, 7) is 12.3. The lowest BCUT2D eigenvalue weighted by molar-refractivity contribution is 0.590. The van der Waals surface area contributed by atoms with Gasteiger partial charge in [0.2, 0.25) is 5.43 Å². The molecule has 0 amide bonds. The summed E-state index contributed by atoms with van der Waals surface area (Å²) in [7, 11) is 0. The lowest BCUT2D eigenvalue weighted by Gasteiger charge is -2.22. The molecule has 2 aromatic heterocycles. The number of aromatic amines is 1. The molecule has 0 bridgehead atoms. The molecule has 1 N–H and O–H groups in total. The molecule has 0 aliphatic carbocycles. The number of rotatable bonds is 2. The summed E-state index contributed by atoms with van der Waals surface area (Å²) in [5, 5.41) is 4.97. The van der Waals surface area contributed by atoms with E-state index in [-0.39, 0.29) is 10.8 Å². The Morgan fingerprint density at radius 2 is 1.81 bits per heavy atom. The zero-order chi connectivity index (χ0) is 19.2. The standard InChI is InChI=1S/C21H24ClN3O/c1-12-10-23-25(11-12)20-14(3)24-18(9-19(20)26)15-8-17(22)16(7-13(15)2)21(4,5)6/h7-11H,1-6H3,(H,24,26). The number of hydrogen-bond donors (Lipinski definition) is 1. The molecule has 0 aliphatic heterocycles. The van der Waals surface area contributed by atoms with E-state index in [0.717, 1.165) is 33.6 Å². The van der Waals surface area contributed by atoms with Crippen LogP contribution >= 0.6 is 11.6 Å². The fraction of sp³-hybridized carbons (Fsp3) is 0.333. The van der Waals surface area contributed by atoms with Crippen LogP contribution in [0.25, 0.3) is 16.9 Å². The Kier molecular flexibility index (Phi) is 4.57. The summed E-state index contributed by atoms with van der Waals surface area (Å²) in [5.74, 6) is 0. The molecule has 0 unspecified atom stereocenters. The Balaban J connectivity index is 2.15. The first kappa shape index (κ1) is 18.5. The van der Waals surface area contributed by atoms with Gasteiger partial charge < -0.3 is 4.98 Å². The third kappa shape index (κ3) is 3.34. The maximum absolute atomic E-state index is 12.8. The van der Waals surface area contributed by atoms with Gasteiger partial charge in [0.1, 0.15) is 5.69 Å². The van der Waals surface area contributed by atoms with E-state index in [1.165, 1.54) is 0 Å². The van der Waals surface area contributed by atoms with Gasteiger partial charge in [-0.2, -0.15) is 5.10 Å². The fourth-order valence-corrected chi connectivity index (χ4v) is 3.64. The predicted molar refractivity (Wildman–Crippen MR) is 108 cm³/mol. The van der Waals surface area contributed by atoms with Gasteiger partial charge in [0.05, 0.1) is 6.20 Å². The zero-order valence-corrected chi connectivity index (χ0v) is 16.8. The third-order valence-electron chi connectivity index (χ3n) is 4.54. The highest BCUT2D eigenvalue weighted by Crippen LogP contribution is 2.34. The van der Waals surface area contributed by atoms with E-state index >= 15 is 0 Å². The highest BCUT2D eigenvalue weighted by Gasteiger charge is 2.20. The Labute approximate surface area is 158 Å². The Hall–Kier alpha value is -2.33. The van der Waals surface area contributed by atoms with E-state index in [1.54, 1.807) is 16.9 Å². The normalized spacial score (nSPS) is 11.8. The van der Waals surface area contributed by atoms with Crippen molar-refractivity contribution in [3.05, 3.63) is 68.2 Å². The van der Waals surface area contributed by atoms with Gasteiger partial charge in [0.25, 0.3) is 0 Å². The van der Waals surface area contributed by atoms with E-state index in [4.69, 9.17) is 11.6 Å². The Morgan fingerprint density at radius 1 is 1.12 bits per heavy atom. The second kappa shape index (κ2) is 6.44. The zero-order valence-electron chi connectivity index (χ0n) is 16.1. The molecule has 136 valence electrons. The largest absolute Gasteiger partial charge is 0.357 e. The molecule has 0 spiro atoms. The van der Waals surface area contributed by atoms with Crippen LogP contribution in [0.4, 0.5) is 0 Å². The van der Waals surface area contributed by atoms with Crippen LogP contribution in [0.5, 0.6) is 0 Å². The summed E-state index contributed by atoms with van der Waals surface area (Å²) in [4.78, 5) is 16.1. The molecule has 0 fully saturated rings. The van der Waals surface area contributed by atoms with Crippen molar-refractivity contribution in [1.82, 2.24) is 14.8 Å². The number of hydrogen-bond acceptors (Lipinski definition) is 2. The van der Waals surface area contributed by atoms with Gasteiger partial charge >= 0.3 is 0 Å². The topological polar surface area (TPSA) is 50.7 Å². The van der Waals surface area contributed by atoms with Gasteiger partial charge in [-0.25, -0.2) is 4.68 Å². The molecule has 5 heteroatoms. The van der Waals surface area contributed by atoms with Crippen molar-refractivity contribution >= 4 is 11.6 Å². The predicted octanol–water partition coefficient (Wildman–Crippen LogP) is 5.10. The van der Waals surface area contributed by atoms with Crippen LogP contribution in [0.15, 0.2) is 35.4 Å². The molecular weight excluding hydrogens is 346 g/mol. The number of pyridine rings is 1.